The van der Waals surface area contributed by atoms with E-state index in [9.17, 15) is 0 Å². The molecule has 0 N–H and O–H groups in total. The largest absolute Gasteiger partial charge is 0.0776 e. The second-order valence-corrected chi connectivity index (χ2v) is 0. The fraction of sp³-hybridized carbons (Fsp3) is 1.00. The number of hydrogen-bond acceptors (Lipinski definition) is 0. The van der Waals surface area contributed by atoms with Gasteiger partial charge in [-0.1, -0.05) is 7.43 Å². The number of rotatable bonds is 0. The SMILES string of the molecule is C.[Mn].[Mo].[Ni]. The zero-order valence-corrected chi connectivity index (χ0v) is 5.28. The van der Waals surface area contributed by atoms with Crippen molar-refractivity contribution in [1.29, 1.82) is 0 Å². The fourth-order valence-corrected chi connectivity index (χ4v) is 0. The summed E-state index contributed by atoms with van der Waals surface area (Å²) in [5.41, 5.74) is 0. The van der Waals surface area contributed by atoms with Crippen LogP contribution < -0.4 is 0 Å². The molecular weight excluding hydrogens is 222 g/mol. The zero-order chi connectivity index (χ0) is 0. The Morgan fingerprint density at radius 1 is 1.00 bits per heavy atom. The Balaban J connectivity index is 0. The molecule has 0 aliphatic rings. The molecule has 0 aromatic heterocycles. The van der Waals surface area contributed by atoms with E-state index in [1.54, 1.807) is 0 Å². The summed E-state index contributed by atoms with van der Waals surface area (Å²) in [5, 5.41) is 0. The summed E-state index contributed by atoms with van der Waals surface area (Å²) in [6.45, 7) is 0. The molecule has 0 fully saturated rings. The van der Waals surface area contributed by atoms with Gasteiger partial charge in [0, 0.05) is 54.6 Å². The number of hydrogen-bond donors (Lipinski definition) is 0. The van der Waals surface area contributed by atoms with Crippen LogP contribution in [0.4, 0.5) is 0 Å². The van der Waals surface area contributed by atoms with Crippen LogP contribution in [-0.2, 0) is 54.6 Å². The van der Waals surface area contributed by atoms with Crippen molar-refractivity contribution < 1.29 is 54.6 Å². The third kappa shape index (κ3) is 9.33. The molecule has 3 heteroatoms. The Morgan fingerprint density at radius 3 is 1.00 bits per heavy atom. The van der Waals surface area contributed by atoms with Crippen LogP contribution in [0.15, 0.2) is 0 Å². The van der Waals surface area contributed by atoms with E-state index >= 15 is 0 Å². The van der Waals surface area contributed by atoms with Gasteiger partial charge in [0.05, 0.1) is 0 Å². The van der Waals surface area contributed by atoms with Crippen LogP contribution in [0.25, 0.3) is 0 Å². The third-order valence-corrected chi connectivity index (χ3v) is 0. The first-order valence-electron chi connectivity index (χ1n) is 0. The van der Waals surface area contributed by atoms with Gasteiger partial charge < -0.3 is 0 Å². The second kappa shape index (κ2) is 22.3. The van der Waals surface area contributed by atoms with Crippen LogP contribution in [0.5, 0.6) is 0 Å². The van der Waals surface area contributed by atoms with Gasteiger partial charge in [0.2, 0.25) is 0 Å². The second-order valence-electron chi connectivity index (χ2n) is 0. The monoisotopic (exact) mass is 227 g/mol. The van der Waals surface area contributed by atoms with Crippen LogP contribution in [0, 0.1) is 0 Å². The molecule has 0 atom stereocenters. The maximum absolute atomic E-state index is 0. The summed E-state index contributed by atoms with van der Waals surface area (Å²) in [4.78, 5) is 0. The third-order valence-electron chi connectivity index (χ3n) is 0. The molecule has 0 saturated heterocycles. The van der Waals surface area contributed by atoms with Crippen molar-refractivity contribution in [2.45, 2.75) is 7.43 Å². The van der Waals surface area contributed by atoms with Gasteiger partial charge in [-0.15, -0.1) is 0 Å². The van der Waals surface area contributed by atoms with Gasteiger partial charge in [0.1, 0.15) is 0 Å². The first-order chi connectivity index (χ1) is 0. The normalized spacial score (nSPS) is 0. The molecule has 0 aromatic carbocycles. The minimum Gasteiger partial charge on any atom is -0.0776 e. The van der Waals surface area contributed by atoms with Crippen LogP contribution >= 0.6 is 0 Å². The molecule has 4 heavy (non-hydrogen) atoms. The minimum atomic E-state index is 0. The van der Waals surface area contributed by atoms with Gasteiger partial charge in [-0.05, 0) is 0 Å². The molecule has 0 aliphatic heterocycles. The predicted octanol–water partition coefficient (Wildman–Crippen LogP) is 0.629. The van der Waals surface area contributed by atoms with Gasteiger partial charge in [0.15, 0.2) is 0 Å². The van der Waals surface area contributed by atoms with Gasteiger partial charge in [-0.3, -0.25) is 0 Å². The smallest absolute Gasteiger partial charge is 0 e. The summed E-state index contributed by atoms with van der Waals surface area (Å²) in [6, 6.07) is 0. The molecule has 0 spiro atoms. The molecule has 31 valence electrons. The minimum absolute atomic E-state index is 0. The van der Waals surface area contributed by atoms with E-state index in [-0.39, 0.29) is 62.1 Å². The van der Waals surface area contributed by atoms with E-state index in [1.807, 2.05) is 0 Å². The van der Waals surface area contributed by atoms with Crippen LogP contribution in [0.2, 0.25) is 0 Å². The molecule has 0 aromatic rings. The van der Waals surface area contributed by atoms with Crippen molar-refractivity contribution in [3.05, 3.63) is 0 Å². The Bertz CT molecular complexity index is 8.00. The van der Waals surface area contributed by atoms with Gasteiger partial charge in [-0.2, -0.15) is 0 Å². The maximum atomic E-state index is 0. The molecule has 0 saturated carbocycles. The maximum Gasteiger partial charge on any atom is 0 e. The Morgan fingerprint density at radius 2 is 1.00 bits per heavy atom. The Hall–Kier alpha value is 1.70. The van der Waals surface area contributed by atoms with Gasteiger partial charge in [-0.25, -0.2) is 0 Å². The molecule has 0 rings (SSSR count). The van der Waals surface area contributed by atoms with E-state index in [0.717, 1.165) is 0 Å². The zero-order valence-electron chi connectivity index (χ0n) is 1.10. The summed E-state index contributed by atoms with van der Waals surface area (Å²) in [6.07, 6.45) is 0. The quantitative estimate of drug-likeness (QED) is 0.531. The van der Waals surface area contributed by atoms with Crippen molar-refractivity contribution in [2.24, 2.45) is 0 Å². The van der Waals surface area contributed by atoms with Crippen LogP contribution in [0.1, 0.15) is 7.43 Å². The van der Waals surface area contributed by atoms with Gasteiger partial charge in [0.25, 0.3) is 0 Å². The van der Waals surface area contributed by atoms with E-state index in [1.165, 1.54) is 0 Å². The summed E-state index contributed by atoms with van der Waals surface area (Å²) in [7, 11) is 0. The van der Waals surface area contributed by atoms with Crippen molar-refractivity contribution in [2.75, 3.05) is 0 Å². The van der Waals surface area contributed by atoms with Crippen molar-refractivity contribution >= 4 is 0 Å². The van der Waals surface area contributed by atoms with Crippen LogP contribution in [0.3, 0.4) is 0 Å². The van der Waals surface area contributed by atoms with Crippen molar-refractivity contribution in [3.63, 3.8) is 0 Å². The summed E-state index contributed by atoms with van der Waals surface area (Å²) >= 11 is 0. The molecule has 0 nitrogen and oxygen atoms in total. The Labute approximate surface area is 61.8 Å². The summed E-state index contributed by atoms with van der Waals surface area (Å²) < 4.78 is 0. The van der Waals surface area contributed by atoms with E-state index in [2.05, 4.69) is 0 Å². The first-order valence-corrected chi connectivity index (χ1v) is 0. The average Bonchev–Trinajstić information content (AvgIpc) is 0. The Kier molecular flexibility index (Phi) is 242. The molecule has 0 amide bonds. The fourth-order valence-electron chi connectivity index (χ4n) is 0. The first kappa shape index (κ1) is 43.5. The van der Waals surface area contributed by atoms with Crippen molar-refractivity contribution in [1.82, 2.24) is 0 Å². The molecule has 0 bridgehead atoms. The van der Waals surface area contributed by atoms with E-state index < -0.39 is 0 Å². The van der Waals surface area contributed by atoms with E-state index in [4.69, 9.17) is 0 Å². The van der Waals surface area contributed by atoms with E-state index in [0.29, 0.717) is 0 Å². The summed E-state index contributed by atoms with van der Waals surface area (Å²) in [5.74, 6) is 0. The predicted molar refractivity (Wildman–Crippen MR) is 6.73 cm³/mol. The molecule has 0 heterocycles. The van der Waals surface area contributed by atoms with Gasteiger partial charge >= 0.3 is 0 Å². The molecule has 0 unspecified atom stereocenters. The molecular formula is CH4MnMoNi. The van der Waals surface area contributed by atoms with Crippen LogP contribution in [-0.4, -0.2) is 0 Å². The molecule has 0 aliphatic carbocycles. The topological polar surface area (TPSA) is 0 Å². The molecule has 1 radical (unpaired) electrons. The standard InChI is InChI=1S/CH4.Mn.Mo.Ni/h1H4;;;. The van der Waals surface area contributed by atoms with Crippen molar-refractivity contribution in [3.8, 4) is 0 Å². The average molecular weight is 226 g/mol.